The van der Waals surface area contributed by atoms with Gasteiger partial charge in [0.1, 0.15) is 5.82 Å². The van der Waals surface area contributed by atoms with E-state index >= 15 is 0 Å². The first-order chi connectivity index (χ1) is 8.06. The van der Waals surface area contributed by atoms with Gasteiger partial charge in [-0.05, 0) is 52.2 Å². The summed E-state index contributed by atoms with van der Waals surface area (Å²) in [6.07, 6.45) is 0.506. The number of thiophene rings is 1. The van der Waals surface area contributed by atoms with Crippen molar-refractivity contribution in [2.75, 3.05) is 0 Å². The first kappa shape index (κ1) is 13.2. The van der Waals surface area contributed by atoms with E-state index in [-0.39, 0.29) is 11.9 Å². The van der Waals surface area contributed by atoms with E-state index in [1.54, 1.807) is 17.4 Å². The topological polar surface area (TPSA) is 26.0 Å². The minimum atomic E-state index is -0.217. The fraction of sp³-hybridized carbons (Fsp3) is 0.167. The molecule has 0 aliphatic carbocycles. The Kier molecular flexibility index (Phi) is 4.36. The van der Waals surface area contributed by atoms with Gasteiger partial charge >= 0.3 is 0 Å². The summed E-state index contributed by atoms with van der Waals surface area (Å²) in [5.41, 5.74) is 6.70. The second-order valence-electron chi connectivity index (χ2n) is 3.69. The molecule has 1 nitrogen and oxygen atoms in total. The summed E-state index contributed by atoms with van der Waals surface area (Å²) in [4.78, 5) is 1.05. The summed E-state index contributed by atoms with van der Waals surface area (Å²) in [7, 11) is 0. The zero-order valence-electron chi connectivity index (χ0n) is 8.79. The Bertz CT molecular complexity index is 527. The van der Waals surface area contributed by atoms with Gasteiger partial charge in [-0.15, -0.1) is 11.3 Å². The second kappa shape index (κ2) is 5.61. The quantitative estimate of drug-likeness (QED) is 0.826. The van der Waals surface area contributed by atoms with Crippen LogP contribution in [0.2, 0.25) is 0 Å². The molecule has 1 atom stereocenters. The average Bonchev–Trinajstić information content (AvgIpc) is 2.69. The number of benzene rings is 1. The van der Waals surface area contributed by atoms with Crippen LogP contribution >= 0.6 is 43.2 Å². The second-order valence-corrected chi connectivity index (χ2v) is 7.10. The number of halogens is 3. The summed E-state index contributed by atoms with van der Waals surface area (Å²) in [5, 5.41) is 0. The van der Waals surface area contributed by atoms with Gasteiger partial charge < -0.3 is 5.73 Å². The lowest BCUT2D eigenvalue weighted by molar-refractivity contribution is 0.594. The fourth-order valence-corrected chi connectivity index (χ4v) is 3.31. The van der Waals surface area contributed by atoms with Crippen LogP contribution < -0.4 is 5.73 Å². The molecule has 0 aliphatic rings. The van der Waals surface area contributed by atoms with Crippen molar-refractivity contribution in [2.24, 2.45) is 5.73 Å². The van der Waals surface area contributed by atoms with Crippen LogP contribution in [0.25, 0.3) is 0 Å². The van der Waals surface area contributed by atoms with E-state index in [4.69, 9.17) is 5.73 Å². The van der Waals surface area contributed by atoms with Gasteiger partial charge in [0.2, 0.25) is 0 Å². The van der Waals surface area contributed by atoms with Crippen LogP contribution in [-0.4, -0.2) is 0 Å². The molecule has 1 aromatic heterocycles. The van der Waals surface area contributed by atoms with Crippen molar-refractivity contribution in [3.05, 3.63) is 54.8 Å². The van der Waals surface area contributed by atoms with Crippen molar-refractivity contribution < 1.29 is 4.39 Å². The summed E-state index contributed by atoms with van der Waals surface area (Å²) in [5.74, 6) is -0.217. The molecule has 0 fully saturated rings. The van der Waals surface area contributed by atoms with E-state index < -0.39 is 0 Å². The SMILES string of the molecule is NC(Cc1ccc(Br)cc1F)c1ccc(Br)s1. The summed E-state index contributed by atoms with van der Waals surface area (Å²) >= 11 is 8.21. The van der Waals surface area contributed by atoms with Crippen molar-refractivity contribution >= 4 is 43.2 Å². The number of hydrogen-bond donors (Lipinski definition) is 1. The molecule has 1 unspecified atom stereocenters. The van der Waals surface area contributed by atoms with Crippen LogP contribution in [0.4, 0.5) is 4.39 Å². The van der Waals surface area contributed by atoms with Gasteiger partial charge in [-0.3, -0.25) is 0 Å². The van der Waals surface area contributed by atoms with Crippen LogP contribution in [0.15, 0.2) is 38.6 Å². The van der Waals surface area contributed by atoms with Gasteiger partial charge in [0.25, 0.3) is 0 Å². The number of nitrogens with two attached hydrogens (primary N) is 1. The van der Waals surface area contributed by atoms with Crippen molar-refractivity contribution in [2.45, 2.75) is 12.5 Å². The van der Waals surface area contributed by atoms with Gasteiger partial charge in [0.15, 0.2) is 0 Å². The molecule has 1 aromatic carbocycles. The van der Waals surface area contributed by atoms with E-state index in [1.165, 1.54) is 6.07 Å². The molecule has 2 N–H and O–H groups in total. The Balaban J connectivity index is 2.15. The molecule has 0 spiro atoms. The summed E-state index contributed by atoms with van der Waals surface area (Å²) in [6, 6.07) is 8.82. The lowest BCUT2D eigenvalue weighted by atomic mass is 10.1. The van der Waals surface area contributed by atoms with Crippen LogP contribution in [0.3, 0.4) is 0 Å². The first-order valence-electron chi connectivity index (χ1n) is 5.01. The Hall–Kier alpha value is -0.230. The van der Waals surface area contributed by atoms with Gasteiger partial charge in [-0.25, -0.2) is 4.39 Å². The van der Waals surface area contributed by atoms with E-state index in [0.717, 1.165) is 13.1 Å². The molecule has 5 heteroatoms. The predicted octanol–water partition coefficient (Wildman–Crippen LogP) is 4.65. The molecule has 0 radical (unpaired) electrons. The highest BCUT2D eigenvalue weighted by atomic mass is 79.9. The number of hydrogen-bond acceptors (Lipinski definition) is 2. The van der Waals surface area contributed by atoms with Crippen molar-refractivity contribution in [1.82, 2.24) is 0 Å². The molecule has 17 heavy (non-hydrogen) atoms. The van der Waals surface area contributed by atoms with E-state index in [9.17, 15) is 4.39 Å². The molecule has 0 saturated heterocycles. The van der Waals surface area contributed by atoms with E-state index in [0.29, 0.717) is 12.0 Å². The minimum absolute atomic E-state index is 0.165. The fourth-order valence-electron chi connectivity index (χ4n) is 1.55. The monoisotopic (exact) mass is 377 g/mol. The molecule has 1 heterocycles. The molecule has 0 saturated carbocycles. The Morgan fingerprint density at radius 3 is 2.59 bits per heavy atom. The van der Waals surface area contributed by atoms with Gasteiger partial charge in [-0.1, -0.05) is 22.0 Å². The normalized spacial score (nSPS) is 12.7. The lowest BCUT2D eigenvalue weighted by Gasteiger charge is -2.10. The highest BCUT2D eigenvalue weighted by molar-refractivity contribution is 9.11. The summed E-state index contributed by atoms with van der Waals surface area (Å²) in [6.45, 7) is 0. The van der Waals surface area contributed by atoms with Crippen molar-refractivity contribution in [1.29, 1.82) is 0 Å². The Morgan fingerprint density at radius 1 is 1.24 bits per heavy atom. The highest BCUT2D eigenvalue weighted by Crippen LogP contribution is 2.28. The third-order valence-electron chi connectivity index (χ3n) is 2.41. The largest absolute Gasteiger partial charge is 0.323 e. The maximum atomic E-state index is 13.6. The zero-order valence-corrected chi connectivity index (χ0v) is 12.8. The van der Waals surface area contributed by atoms with Crippen molar-refractivity contribution in [3.8, 4) is 0 Å². The standard InChI is InChI=1S/C12H10Br2FNS/c13-8-2-1-7(9(15)6-8)5-10(16)11-3-4-12(14)17-11/h1-4,6,10H,5,16H2. The molecular formula is C12H10Br2FNS. The molecule has 0 aliphatic heterocycles. The average molecular weight is 379 g/mol. The summed E-state index contributed by atoms with van der Waals surface area (Å²) < 4.78 is 15.4. The third-order valence-corrected chi connectivity index (χ3v) is 4.66. The molecule has 0 bridgehead atoms. The van der Waals surface area contributed by atoms with Crippen molar-refractivity contribution in [3.63, 3.8) is 0 Å². The molecule has 0 amide bonds. The Labute approximate surface area is 120 Å². The maximum Gasteiger partial charge on any atom is 0.127 e. The van der Waals surface area contributed by atoms with Gasteiger partial charge in [0.05, 0.1) is 3.79 Å². The third kappa shape index (κ3) is 3.37. The highest BCUT2D eigenvalue weighted by Gasteiger charge is 2.12. The molecular weight excluding hydrogens is 369 g/mol. The molecule has 2 rings (SSSR count). The zero-order chi connectivity index (χ0) is 12.4. The van der Waals surface area contributed by atoms with Crippen LogP contribution in [0.5, 0.6) is 0 Å². The number of rotatable bonds is 3. The van der Waals surface area contributed by atoms with Gasteiger partial charge in [-0.2, -0.15) is 0 Å². The van der Waals surface area contributed by atoms with E-state index in [1.807, 2.05) is 18.2 Å². The lowest BCUT2D eigenvalue weighted by Crippen LogP contribution is -2.12. The molecule has 90 valence electrons. The minimum Gasteiger partial charge on any atom is -0.323 e. The van der Waals surface area contributed by atoms with Crippen LogP contribution in [0, 0.1) is 5.82 Å². The van der Waals surface area contributed by atoms with E-state index in [2.05, 4.69) is 31.9 Å². The molecule has 2 aromatic rings. The van der Waals surface area contributed by atoms with Crippen LogP contribution in [-0.2, 0) is 6.42 Å². The Morgan fingerprint density at radius 2 is 2.00 bits per heavy atom. The predicted molar refractivity (Wildman–Crippen MR) is 76.8 cm³/mol. The maximum absolute atomic E-state index is 13.6. The smallest absolute Gasteiger partial charge is 0.127 e. The van der Waals surface area contributed by atoms with Gasteiger partial charge in [0, 0.05) is 15.4 Å². The first-order valence-corrected chi connectivity index (χ1v) is 7.41. The van der Waals surface area contributed by atoms with Crippen LogP contribution in [0.1, 0.15) is 16.5 Å².